The van der Waals surface area contributed by atoms with Crippen LogP contribution in [0.25, 0.3) is 11.1 Å². The number of nitrogens with zero attached hydrogens (tertiary/aromatic N) is 1. The van der Waals surface area contributed by atoms with E-state index in [-0.39, 0.29) is 67.0 Å². The first-order valence-corrected chi connectivity index (χ1v) is 8.68. The van der Waals surface area contributed by atoms with Crippen molar-refractivity contribution in [1.82, 2.24) is 10.3 Å². The molecule has 3 N–H and O–H groups in total. The monoisotopic (exact) mass is 646 g/mol. The third kappa shape index (κ3) is 6.16. The predicted octanol–water partition coefficient (Wildman–Crippen LogP) is 1.67. The van der Waals surface area contributed by atoms with Gasteiger partial charge in [-0.3, -0.25) is 4.98 Å². The Morgan fingerprint density at radius 3 is 2.34 bits per heavy atom. The van der Waals surface area contributed by atoms with Gasteiger partial charge in [-0.25, -0.2) is 4.39 Å². The van der Waals surface area contributed by atoms with Gasteiger partial charge in [0.1, 0.15) is 12.8 Å². The molecule has 1 aliphatic heterocycles. The Morgan fingerprint density at radius 2 is 1.90 bits per heavy atom. The number of hydrogen-bond donors (Lipinski definition) is 3. The fourth-order valence-corrected chi connectivity index (χ4v) is 2.86. The van der Waals surface area contributed by atoms with Crippen molar-refractivity contribution in [1.29, 1.82) is 0 Å². The average Bonchev–Trinajstić information content (AvgIpc) is 2.69. The third-order valence-corrected chi connectivity index (χ3v) is 4.64. The molecular formula is C20H22FN2O4WY-. The molecule has 0 saturated carbocycles. The molecular weight excluding hydrogens is 624 g/mol. The number of aliphatic hydroxyl groups is 2. The molecule has 1 amide bonds. The zero-order valence-corrected chi connectivity index (χ0v) is 21.7. The minimum Gasteiger partial charge on any atom is -0.386 e. The SMILES string of the molecule is C[CH-]C(=O)NC(CF)C(O)c1ccc(-c2ccc(C3(O)COC3)nc2)cc1.[W].[Y]. The normalized spacial score (nSPS) is 16.3. The molecule has 2 aromatic rings. The smallest absolute Gasteiger partial charge is 0.153 e. The van der Waals surface area contributed by atoms with Crippen LogP contribution in [0.3, 0.4) is 0 Å². The molecule has 1 radical (unpaired) electrons. The summed E-state index contributed by atoms with van der Waals surface area (Å²) in [7, 11) is 0. The number of carbonyl (C=O) groups is 1. The standard InChI is InChI=1S/C20H22FN2O4.W.Y/c1-2-18(24)23-16(9-21)19(25)14-5-3-13(4-6-14)15-7-8-17(22-10-15)20(26)11-27-12-20;;/h2-8,10,16,19,25-26H,9,11-12H2,1H3,(H,23,24);;/q-1;;. The number of nitrogens with one attached hydrogen (secondary N) is 1. The van der Waals surface area contributed by atoms with Crippen LogP contribution in [0.2, 0.25) is 0 Å². The summed E-state index contributed by atoms with van der Waals surface area (Å²) in [5, 5.41) is 23.0. The molecule has 2 heterocycles. The first-order valence-electron chi connectivity index (χ1n) is 8.68. The molecule has 0 bridgehead atoms. The van der Waals surface area contributed by atoms with Gasteiger partial charge in [-0.2, -0.15) is 6.92 Å². The van der Waals surface area contributed by atoms with Crippen molar-refractivity contribution >= 4 is 5.91 Å². The number of carbonyl (C=O) groups excluding carboxylic acids is 1. The van der Waals surface area contributed by atoms with Gasteiger partial charge in [-0.05, 0) is 17.2 Å². The summed E-state index contributed by atoms with van der Waals surface area (Å²) in [6.45, 7) is 1.16. The zero-order valence-electron chi connectivity index (χ0n) is 15.9. The van der Waals surface area contributed by atoms with Gasteiger partial charge in [-0.15, -0.1) is 0 Å². The summed E-state index contributed by atoms with van der Waals surface area (Å²) in [6, 6.07) is 9.56. The molecule has 9 heteroatoms. The molecule has 6 nitrogen and oxygen atoms in total. The maximum Gasteiger partial charge on any atom is 0.153 e. The number of hydrogen-bond acceptors (Lipinski definition) is 5. The van der Waals surface area contributed by atoms with E-state index < -0.39 is 30.3 Å². The minimum atomic E-state index is -1.15. The van der Waals surface area contributed by atoms with Gasteiger partial charge in [-0.1, -0.05) is 30.3 Å². The van der Waals surface area contributed by atoms with E-state index in [1.54, 1.807) is 43.5 Å². The molecule has 1 aromatic heterocycles. The topological polar surface area (TPSA) is 91.7 Å². The van der Waals surface area contributed by atoms with Crippen LogP contribution < -0.4 is 5.32 Å². The molecule has 1 saturated heterocycles. The molecule has 1 aliphatic rings. The number of aliphatic hydroxyl groups excluding tert-OH is 1. The second-order valence-corrected chi connectivity index (χ2v) is 6.58. The maximum atomic E-state index is 13.2. The van der Waals surface area contributed by atoms with Crippen molar-refractivity contribution in [2.45, 2.75) is 24.7 Å². The Balaban J connectivity index is 0.00000210. The number of alkyl halides is 1. The maximum absolute atomic E-state index is 13.2. The summed E-state index contributed by atoms with van der Waals surface area (Å²) in [4.78, 5) is 15.7. The number of rotatable bonds is 7. The molecule has 1 aromatic carbocycles. The Morgan fingerprint density at radius 1 is 1.28 bits per heavy atom. The number of ether oxygens (including phenoxy) is 1. The number of benzene rings is 1. The second-order valence-electron chi connectivity index (χ2n) is 6.58. The summed E-state index contributed by atoms with van der Waals surface area (Å²) < 4.78 is 18.2. The molecule has 1 fully saturated rings. The van der Waals surface area contributed by atoms with Crippen molar-refractivity contribution in [3.05, 3.63) is 60.3 Å². The van der Waals surface area contributed by atoms with Crippen molar-refractivity contribution in [3.63, 3.8) is 0 Å². The quantitative estimate of drug-likeness (QED) is 0.399. The Bertz CT molecular complexity index is 788. The van der Waals surface area contributed by atoms with Gasteiger partial charge < -0.3 is 31.5 Å². The number of aromatic nitrogens is 1. The summed E-state index contributed by atoms with van der Waals surface area (Å²) in [5.74, 6) is -0.432. The van der Waals surface area contributed by atoms with Crippen molar-refractivity contribution in [3.8, 4) is 11.1 Å². The summed E-state index contributed by atoms with van der Waals surface area (Å²) in [5.41, 5.74) is 1.78. The van der Waals surface area contributed by atoms with Crippen LogP contribution in [-0.4, -0.2) is 47.0 Å². The Kier molecular flexibility index (Phi) is 10.6. The zero-order chi connectivity index (χ0) is 19.4. The largest absolute Gasteiger partial charge is 0.386 e. The molecule has 0 spiro atoms. The Hall–Kier alpha value is -0.688. The molecule has 153 valence electrons. The predicted molar refractivity (Wildman–Crippen MR) is 97.2 cm³/mol. The van der Waals surface area contributed by atoms with E-state index in [0.29, 0.717) is 11.3 Å². The van der Waals surface area contributed by atoms with Crippen LogP contribution in [-0.2, 0) is 68.9 Å². The van der Waals surface area contributed by atoms with Gasteiger partial charge in [0.15, 0.2) is 5.60 Å². The van der Waals surface area contributed by atoms with Crippen LogP contribution in [0.1, 0.15) is 24.3 Å². The van der Waals surface area contributed by atoms with E-state index in [4.69, 9.17) is 4.74 Å². The number of amides is 1. The van der Waals surface area contributed by atoms with Crippen LogP contribution in [0, 0.1) is 6.42 Å². The molecule has 0 aliphatic carbocycles. The summed E-state index contributed by atoms with van der Waals surface area (Å²) >= 11 is 0. The van der Waals surface area contributed by atoms with Gasteiger partial charge in [0, 0.05) is 65.5 Å². The fourth-order valence-electron chi connectivity index (χ4n) is 2.86. The minimum absolute atomic E-state index is 0. The van der Waals surface area contributed by atoms with Crippen molar-refractivity contribution in [2.75, 3.05) is 19.9 Å². The van der Waals surface area contributed by atoms with Gasteiger partial charge in [0.2, 0.25) is 0 Å². The van der Waals surface area contributed by atoms with E-state index in [0.717, 1.165) is 11.1 Å². The average molecular weight is 646 g/mol. The molecule has 29 heavy (non-hydrogen) atoms. The molecule has 2 atom stereocenters. The van der Waals surface area contributed by atoms with Crippen LogP contribution in [0.15, 0.2) is 42.6 Å². The van der Waals surface area contributed by atoms with Gasteiger partial charge in [0.05, 0.1) is 30.9 Å². The third-order valence-electron chi connectivity index (χ3n) is 4.64. The van der Waals surface area contributed by atoms with E-state index >= 15 is 0 Å². The molecule has 3 rings (SSSR count). The first kappa shape index (κ1) is 26.3. The van der Waals surface area contributed by atoms with E-state index in [1.165, 1.54) is 6.42 Å². The van der Waals surface area contributed by atoms with Crippen LogP contribution >= 0.6 is 0 Å². The Labute approximate surface area is 208 Å². The fraction of sp³-hybridized carbons (Fsp3) is 0.350. The van der Waals surface area contributed by atoms with Crippen LogP contribution in [0.5, 0.6) is 0 Å². The van der Waals surface area contributed by atoms with Crippen molar-refractivity contribution in [2.24, 2.45) is 0 Å². The van der Waals surface area contributed by atoms with E-state index in [9.17, 15) is 19.4 Å². The van der Waals surface area contributed by atoms with Gasteiger partial charge >= 0.3 is 0 Å². The van der Waals surface area contributed by atoms with E-state index in [1.807, 2.05) is 6.07 Å². The van der Waals surface area contributed by atoms with Crippen LogP contribution in [0.4, 0.5) is 4.39 Å². The number of pyridine rings is 1. The van der Waals surface area contributed by atoms with E-state index in [2.05, 4.69) is 10.3 Å². The second kappa shape index (κ2) is 11.6. The summed E-state index contributed by atoms with van der Waals surface area (Å²) in [6.07, 6.45) is 1.79. The first-order chi connectivity index (χ1) is 13.0. The van der Waals surface area contributed by atoms with Crippen molar-refractivity contribution < 1.29 is 77.9 Å². The van der Waals surface area contributed by atoms with Gasteiger partial charge in [0.25, 0.3) is 0 Å². The number of halogens is 1. The molecule has 2 unspecified atom stereocenters.